The summed E-state index contributed by atoms with van der Waals surface area (Å²) in [5.74, 6) is 0.192. The molecule has 2 amide bonds. The molecule has 1 aromatic carbocycles. The fourth-order valence-corrected chi connectivity index (χ4v) is 3.05. The second-order valence-corrected chi connectivity index (χ2v) is 6.29. The van der Waals surface area contributed by atoms with E-state index in [-0.39, 0.29) is 24.1 Å². The van der Waals surface area contributed by atoms with Gasteiger partial charge in [-0.3, -0.25) is 9.59 Å². The zero-order valence-corrected chi connectivity index (χ0v) is 15.1. The van der Waals surface area contributed by atoms with Crippen LogP contribution in [-0.4, -0.2) is 74.2 Å². The summed E-state index contributed by atoms with van der Waals surface area (Å²) in [7, 11) is 0. The molecule has 1 fully saturated rings. The number of phenolic OH excluding ortho intramolecular Hbond substituents is 1. The van der Waals surface area contributed by atoms with E-state index >= 15 is 0 Å². The van der Waals surface area contributed by atoms with Crippen molar-refractivity contribution in [1.82, 2.24) is 10.2 Å². The van der Waals surface area contributed by atoms with Crippen LogP contribution in [-0.2, 0) is 9.59 Å². The molecular formula is C18H29N4O3+. The molecule has 0 atom stereocenters. The molecule has 0 bridgehead atoms. The summed E-state index contributed by atoms with van der Waals surface area (Å²) in [5, 5.41) is 12.1. The van der Waals surface area contributed by atoms with Crippen LogP contribution < -0.4 is 15.1 Å². The summed E-state index contributed by atoms with van der Waals surface area (Å²) < 4.78 is 0. The maximum absolute atomic E-state index is 12.5. The Hall–Kier alpha value is -2.28. The second kappa shape index (κ2) is 9.27. The topological polar surface area (TPSA) is 77.3 Å². The molecule has 138 valence electrons. The van der Waals surface area contributed by atoms with E-state index in [1.165, 1.54) is 4.90 Å². The van der Waals surface area contributed by atoms with Gasteiger partial charge in [-0.25, -0.2) is 0 Å². The van der Waals surface area contributed by atoms with Crippen LogP contribution in [0.1, 0.15) is 13.8 Å². The lowest BCUT2D eigenvalue weighted by atomic mass is 10.2. The molecule has 7 heteroatoms. The molecule has 0 radical (unpaired) electrons. The maximum atomic E-state index is 12.5. The summed E-state index contributed by atoms with van der Waals surface area (Å²) in [5.41, 5.74) is 1.09. The van der Waals surface area contributed by atoms with Gasteiger partial charge in [-0.1, -0.05) is 0 Å². The predicted octanol–water partition coefficient (Wildman–Crippen LogP) is -0.918. The number of anilines is 1. The van der Waals surface area contributed by atoms with Crippen LogP contribution in [0.3, 0.4) is 0 Å². The van der Waals surface area contributed by atoms with Crippen LogP contribution >= 0.6 is 0 Å². The Bertz CT molecular complexity index is 568. The number of quaternary nitrogens is 1. The molecule has 1 aromatic rings. The molecule has 2 rings (SSSR count). The highest BCUT2D eigenvalue weighted by atomic mass is 16.3. The van der Waals surface area contributed by atoms with E-state index in [1.807, 2.05) is 26.0 Å². The summed E-state index contributed by atoms with van der Waals surface area (Å²) >= 11 is 0. The van der Waals surface area contributed by atoms with Crippen molar-refractivity contribution in [2.75, 3.05) is 57.3 Å². The maximum Gasteiger partial charge on any atom is 0.278 e. The van der Waals surface area contributed by atoms with Crippen LogP contribution in [0.15, 0.2) is 24.3 Å². The minimum Gasteiger partial charge on any atom is -0.508 e. The first-order chi connectivity index (χ1) is 12.0. The number of likely N-dealkylation sites (N-methyl/N-ethyl adjacent to an activating group) is 2. The van der Waals surface area contributed by atoms with Crippen LogP contribution in [0.2, 0.25) is 0 Å². The standard InChI is InChI=1S/C18H28N4O3/c1-3-19-17(24)13-21(4-2)18(25)14-20-9-11-22(12-10-20)15-5-7-16(23)8-6-15/h5-8,23H,3-4,9-14H2,1-2H3,(H,19,24)/p+1. The third kappa shape index (κ3) is 5.63. The number of nitrogens with zero attached hydrogens (tertiary/aromatic N) is 2. The number of aromatic hydroxyl groups is 1. The number of benzene rings is 1. The largest absolute Gasteiger partial charge is 0.508 e. The van der Waals surface area contributed by atoms with Crippen LogP contribution in [0.25, 0.3) is 0 Å². The van der Waals surface area contributed by atoms with Gasteiger partial charge in [0, 0.05) is 18.8 Å². The van der Waals surface area contributed by atoms with E-state index < -0.39 is 0 Å². The van der Waals surface area contributed by atoms with E-state index in [0.29, 0.717) is 19.6 Å². The molecule has 0 spiro atoms. The fourth-order valence-electron chi connectivity index (χ4n) is 3.05. The van der Waals surface area contributed by atoms with Gasteiger partial charge in [0.05, 0.1) is 32.7 Å². The molecule has 0 aliphatic carbocycles. The highest BCUT2D eigenvalue weighted by molar-refractivity contribution is 5.85. The Morgan fingerprint density at radius 2 is 1.84 bits per heavy atom. The minimum absolute atomic E-state index is 0.0295. The fraction of sp³-hybridized carbons (Fsp3) is 0.556. The Balaban J connectivity index is 1.81. The van der Waals surface area contributed by atoms with Crippen molar-refractivity contribution in [3.05, 3.63) is 24.3 Å². The van der Waals surface area contributed by atoms with Gasteiger partial charge in [0.1, 0.15) is 5.75 Å². The third-order valence-electron chi connectivity index (χ3n) is 4.53. The first kappa shape index (κ1) is 19.1. The van der Waals surface area contributed by atoms with Gasteiger partial charge in [0.2, 0.25) is 5.91 Å². The van der Waals surface area contributed by atoms with E-state index in [4.69, 9.17) is 0 Å². The van der Waals surface area contributed by atoms with Gasteiger partial charge < -0.3 is 25.1 Å². The normalized spacial score (nSPS) is 15.0. The lowest BCUT2D eigenvalue weighted by Gasteiger charge is -2.34. The number of carbonyl (C=O) groups is 2. The summed E-state index contributed by atoms with van der Waals surface area (Å²) in [4.78, 5) is 29.3. The number of rotatable bonds is 7. The number of hydrogen-bond acceptors (Lipinski definition) is 4. The summed E-state index contributed by atoms with van der Waals surface area (Å²) in [6, 6.07) is 7.21. The molecule has 0 unspecified atom stereocenters. The predicted molar refractivity (Wildman–Crippen MR) is 96.8 cm³/mol. The van der Waals surface area contributed by atoms with E-state index in [9.17, 15) is 14.7 Å². The van der Waals surface area contributed by atoms with Crippen molar-refractivity contribution < 1.29 is 19.6 Å². The number of carbonyl (C=O) groups excluding carboxylic acids is 2. The SMILES string of the molecule is CCNC(=O)CN(CC)C(=O)C[NH+]1CCN(c2ccc(O)cc2)CC1. The number of amides is 2. The van der Waals surface area contributed by atoms with E-state index in [2.05, 4.69) is 10.2 Å². The number of hydrogen-bond donors (Lipinski definition) is 3. The average Bonchev–Trinajstić information content (AvgIpc) is 2.61. The molecule has 7 nitrogen and oxygen atoms in total. The van der Waals surface area contributed by atoms with Crippen molar-refractivity contribution in [1.29, 1.82) is 0 Å². The first-order valence-corrected chi connectivity index (χ1v) is 8.95. The number of phenols is 1. The minimum atomic E-state index is -0.107. The molecule has 1 aliphatic rings. The van der Waals surface area contributed by atoms with Crippen molar-refractivity contribution in [2.24, 2.45) is 0 Å². The van der Waals surface area contributed by atoms with Crippen molar-refractivity contribution in [2.45, 2.75) is 13.8 Å². The number of piperazine rings is 1. The smallest absolute Gasteiger partial charge is 0.278 e. The molecule has 1 aliphatic heterocycles. The van der Waals surface area contributed by atoms with Crippen molar-refractivity contribution in [3.63, 3.8) is 0 Å². The molecule has 0 aromatic heterocycles. The molecule has 3 N–H and O–H groups in total. The average molecular weight is 349 g/mol. The monoisotopic (exact) mass is 349 g/mol. The van der Waals surface area contributed by atoms with Gasteiger partial charge in [0.25, 0.3) is 5.91 Å². The molecular weight excluding hydrogens is 320 g/mol. The van der Waals surface area contributed by atoms with Gasteiger partial charge in [-0.05, 0) is 38.1 Å². The lowest BCUT2D eigenvalue weighted by molar-refractivity contribution is -0.892. The lowest BCUT2D eigenvalue weighted by Crippen LogP contribution is -3.16. The Kier molecular flexibility index (Phi) is 7.06. The molecule has 0 saturated carbocycles. The van der Waals surface area contributed by atoms with Crippen molar-refractivity contribution in [3.8, 4) is 5.75 Å². The van der Waals surface area contributed by atoms with E-state index in [1.54, 1.807) is 17.0 Å². The molecule has 1 saturated heterocycles. The highest BCUT2D eigenvalue weighted by Gasteiger charge is 2.25. The van der Waals surface area contributed by atoms with Crippen LogP contribution in [0.4, 0.5) is 5.69 Å². The summed E-state index contributed by atoms with van der Waals surface area (Å²) in [6.45, 7) is 8.95. The van der Waals surface area contributed by atoms with Crippen LogP contribution in [0.5, 0.6) is 5.75 Å². The Labute approximate surface area is 149 Å². The molecule has 1 heterocycles. The zero-order chi connectivity index (χ0) is 18.2. The van der Waals surface area contributed by atoms with E-state index in [0.717, 1.165) is 31.9 Å². The van der Waals surface area contributed by atoms with Gasteiger partial charge in [-0.2, -0.15) is 0 Å². The third-order valence-corrected chi connectivity index (χ3v) is 4.53. The quantitative estimate of drug-likeness (QED) is 0.595. The highest BCUT2D eigenvalue weighted by Crippen LogP contribution is 2.18. The second-order valence-electron chi connectivity index (χ2n) is 6.29. The van der Waals surface area contributed by atoms with Crippen molar-refractivity contribution >= 4 is 17.5 Å². The Morgan fingerprint density at radius 1 is 1.20 bits per heavy atom. The van der Waals surface area contributed by atoms with Crippen LogP contribution in [0, 0.1) is 0 Å². The molecule has 25 heavy (non-hydrogen) atoms. The zero-order valence-electron chi connectivity index (χ0n) is 15.1. The van der Waals surface area contributed by atoms with Gasteiger partial charge in [0.15, 0.2) is 6.54 Å². The number of nitrogens with one attached hydrogen (secondary N) is 2. The summed E-state index contributed by atoms with van der Waals surface area (Å²) in [6.07, 6.45) is 0. The van der Waals surface area contributed by atoms with Gasteiger partial charge >= 0.3 is 0 Å². The Morgan fingerprint density at radius 3 is 2.40 bits per heavy atom. The first-order valence-electron chi connectivity index (χ1n) is 8.95. The van der Waals surface area contributed by atoms with Gasteiger partial charge in [-0.15, -0.1) is 0 Å².